The Labute approximate surface area is 112 Å². The lowest BCUT2D eigenvalue weighted by Crippen LogP contribution is -2.15. The van der Waals surface area contributed by atoms with Crippen LogP contribution in [-0.2, 0) is 0 Å². The van der Waals surface area contributed by atoms with Crippen molar-refractivity contribution in [2.24, 2.45) is 0 Å². The van der Waals surface area contributed by atoms with Crippen LogP contribution in [0.15, 0.2) is 70.5 Å². The van der Waals surface area contributed by atoms with Gasteiger partial charge in [-0.1, -0.05) is 57.2 Å². The number of hydrogen-bond donors (Lipinski definition) is 0. The molecule has 0 N–H and O–H groups in total. The molecule has 0 aliphatic carbocycles. The molecule has 0 aliphatic heterocycles. The molecule has 2 rings (SSSR count). The fraction of sp³-hybridized carbons (Fsp3) is 0.294. The maximum absolute atomic E-state index is 2.36. The summed E-state index contributed by atoms with van der Waals surface area (Å²) in [7, 11) is -0.908. The summed E-state index contributed by atoms with van der Waals surface area (Å²) in [6.07, 6.45) is 0. The van der Waals surface area contributed by atoms with Gasteiger partial charge < -0.3 is 0 Å². The van der Waals surface area contributed by atoms with Crippen molar-refractivity contribution < 1.29 is 0 Å². The predicted molar refractivity (Wildman–Crippen MR) is 82.7 cm³/mol. The molecule has 2 aromatic rings. The summed E-state index contributed by atoms with van der Waals surface area (Å²) in [4.78, 5) is 3.02. The van der Waals surface area contributed by atoms with Crippen LogP contribution in [0.1, 0.15) is 20.8 Å². The van der Waals surface area contributed by atoms with E-state index < -0.39 is 10.0 Å². The second kappa shape index (κ2) is 5.62. The fourth-order valence-corrected chi connectivity index (χ4v) is 6.65. The summed E-state index contributed by atoms with van der Waals surface area (Å²) in [6.45, 7) is 7.05. The van der Waals surface area contributed by atoms with E-state index in [1.807, 2.05) is 0 Å². The van der Waals surface area contributed by atoms with Crippen molar-refractivity contribution in [1.82, 2.24) is 0 Å². The van der Waals surface area contributed by atoms with Gasteiger partial charge >= 0.3 is 0 Å². The van der Waals surface area contributed by atoms with Gasteiger partial charge in [0.2, 0.25) is 0 Å². The van der Waals surface area contributed by atoms with Crippen molar-refractivity contribution >= 4 is 10.0 Å². The first-order valence-electron chi connectivity index (χ1n) is 6.62. The van der Waals surface area contributed by atoms with Crippen molar-refractivity contribution in [3.63, 3.8) is 0 Å². The lowest BCUT2D eigenvalue weighted by atomic mass is 10.4. The van der Waals surface area contributed by atoms with E-state index in [-0.39, 0.29) is 0 Å². The Bertz CT molecular complexity index is 434. The van der Waals surface area contributed by atoms with E-state index in [0.717, 1.165) is 0 Å². The summed E-state index contributed by atoms with van der Waals surface area (Å²) < 4.78 is 0. The Morgan fingerprint density at radius 3 is 1.44 bits per heavy atom. The largest absolute Gasteiger partial charge is 0.186 e. The molecule has 0 saturated heterocycles. The minimum Gasteiger partial charge on any atom is -0.186 e. The van der Waals surface area contributed by atoms with E-state index in [9.17, 15) is 0 Å². The molecule has 1 heteroatoms. The first kappa shape index (κ1) is 13.2. The third kappa shape index (κ3) is 2.20. The smallest absolute Gasteiger partial charge is 0.00570 e. The SMILES string of the molecule is CCS(c1ccccc1)(c1ccccc1)C(C)C. The third-order valence-electron chi connectivity index (χ3n) is 3.59. The highest BCUT2D eigenvalue weighted by molar-refractivity contribution is 8.34. The van der Waals surface area contributed by atoms with E-state index in [4.69, 9.17) is 0 Å². The Morgan fingerprint density at radius 1 is 0.778 bits per heavy atom. The maximum Gasteiger partial charge on any atom is -0.00570 e. The van der Waals surface area contributed by atoms with Crippen molar-refractivity contribution in [2.45, 2.75) is 35.8 Å². The van der Waals surface area contributed by atoms with E-state index >= 15 is 0 Å². The summed E-state index contributed by atoms with van der Waals surface area (Å²) in [6, 6.07) is 22.1. The van der Waals surface area contributed by atoms with Gasteiger partial charge in [-0.25, -0.2) is 0 Å². The summed E-state index contributed by atoms with van der Waals surface area (Å²) in [5, 5.41) is 0.660. The molecular formula is C17H22S. The Kier molecular flexibility index (Phi) is 4.13. The van der Waals surface area contributed by atoms with Crippen LogP contribution in [-0.4, -0.2) is 11.0 Å². The molecule has 0 aromatic heterocycles. The molecule has 0 fully saturated rings. The molecule has 2 aromatic carbocycles. The molecular weight excluding hydrogens is 236 g/mol. The van der Waals surface area contributed by atoms with Gasteiger partial charge in [-0.3, -0.25) is 0 Å². The Morgan fingerprint density at radius 2 is 1.17 bits per heavy atom. The first-order chi connectivity index (χ1) is 8.71. The van der Waals surface area contributed by atoms with Crippen molar-refractivity contribution in [2.75, 3.05) is 5.75 Å². The van der Waals surface area contributed by atoms with E-state index in [1.165, 1.54) is 15.5 Å². The monoisotopic (exact) mass is 258 g/mol. The lowest BCUT2D eigenvalue weighted by molar-refractivity contribution is 1.05. The van der Waals surface area contributed by atoms with Crippen LogP contribution in [0.2, 0.25) is 0 Å². The molecule has 96 valence electrons. The average Bonchev–Trinajstić information content (AvgIpc) is 2.42. The van der Waals surface area contributed by atoms with Gasteiger partial charge in [0.1, 0.15) is 0 Å². The van der Waals surface area contributed by atoms with Gasteiger partial charge in [0.05, 0.1) is 0 Å². The highest BCUT2D eigenvalue weighted by atomic mass is 32.3. The lowest BCUT2D eigenvalue weighted by Gasteiger charge is -2.44. The standard InChI is InChI=1S/C17H22S/c1-4-18(15(2)3,16-11-7-5-8-12-16)17-13-9-6-10-14-17/h5-15H,4H2,1-3H3. The molecule has 0 heterocycles. The maximum atomic E-state index is 2.36. The number of hydrogen-bond acceptors (Lipinski definition) is 0. The molecule has 0 saturated carbocycles. The normalized spacial score (nSPS) is 12.7. The molecule has 18 heavy (non-hydrogen) atoms. The molecule has 0 bridgehead atoms. The van der Waals surface area contributed by atoms with Crippen molar-refractivity contribution in [1.29, 1.82) is 0 Å². The van der Waals surface area contributed by atoms with Crippen LogP contribution < -0.4 is 0 Å². The molecule has 0 unspecified atom stereocenters. The number of benzene rings is 2. The molecule has 0 spiro atoms. The third-order valence-corrected chi connectivity index (χ3v) is 8.33. The predicted octanol–water partition coefficient (Wildman–Crippen LogP) is 5.34. The second-order valence-corrected chi connectivity index (χ2v) is 8.81. The Hall–Kier alpha value is -1.21. The van der Waals surface area contributed by atoms with Crippen LogP contribution in [0.3, 0.4) is 0 Å². The van der Waals surface area contributed by atoms with Crippen LogP contribution in [0, 0.1) is 0 Å². The average molecular weight is 258 g/mol. The van der Waals surface area contributed by atoms with Gasteiger partial charge in [0.25, 0.3) is 0 Å². The second-order valence-electron chi connectivity index (χ2n) is 4.76. The zero-order valence-corrected chi connectivity index (χ0v) is 12.3. The fourth-order valence-electron chi connectivity index (χ4n) is 2.67. The summed E-state index contributed by atoms with van der Waals surface area (Å²) in [5.74, 6) is 1.21. The molecule has 0 atom stereocenters. The minimum atomic E-state index is -0.908. The van der Waals surface area contributed by atoms with Crippen LogP contribution >= 0.6 is 10.0 Å². The van der Waals surface area contributed by atoms with Crippen LogP contribution in [0.4, 0.5) is 0 Å². The van der Waals surface area contributed by atoms with E-state index in [0.29, 0.717) is 5.25 Å². The molecule has 0 radical (unpaired) electrons. The highest BCUT2D eigenvalue weighted by Gasteiger charge is 2.29. The van der Waals surface area contributed by atoms with Crippen LogP contribution in [0.5, 0.6) is 0 Å². The number of rotatable bonds is 4. The Balaban J connectivity index is 2.61. The molecule has 0 amide bonds. The van der Waals surface area contributed by atoms with E-state index in [1.54, 1.807) is 0 Å². The van der Waals surface area contributed by atoms with Crippen molar-refractivity contribution in [3.05, 3.63) is 60.7 Å². The topological polar surface area (TPSA) is 0 Å². The highest BCUT2D eigenvalue weighted by Crippen LogP contribution is 2.65. The van der Waals surface area contributed by atoms with Crippen molar-refractivity contribution in [3.8, 4) is 0 Å². The van der Waals surface area contributed by atoms with Crippen LogP contribution in [0.25, 0.3) is 0 Å². The van der Waals surface area contributed by atoms with Gasteiger partial charge in [-0.15, -0.1) is 0 Å². The van der Waals surface area contributed by atoms with Gasteiger partial charge in [-0.2, -0.15) is 10.0 Å². The zero-order valence-electron chi connectivity index (χ0n) is 11.5. The molecule has 0 nitrogen and oxygen atoms in total. The summed E-state index contributed by atoms with van der Waals surface area (Å²) in [5.41, 5.74) is 0. The van der Waals surface area contributed by atoms with E-state index in [2.05, 4.69) is 81.4 Å². The van der Waals surface area contributed by atoms with Gasteiger partial charge in [0.15, 0.2) is 0 Å². The summed E-state index contributed by atoms with van der Waals surface area (Å²) >= 11 is 0. The van der Waals surface area contributed by atoms with Gasteiger partial charge in [-0.05, 0) is 45.1 Å². The molecule has 0 aliphatic rings. The minimum absolute atomic E-state index is 0.660. The quantitative estimate of drug-likeness (QED) is 0.694. The zero-order chi connectivity index (χ0) is 13.0. The first-order valence-corrected chi connectivity index (χ1v) is 8.48. The van der Waals surface area contributed by atoms with Gasteiger partial charge in [0, 0.05) is 0 Å².